The molecule has 1 fully saturated rings. The lowest BCUT2D eigenvalue weighted by Crippen LogP contribution is -2.35. The van der Waals surface area contributed by atoms with Crippen molar-refractivity contribution >= 4 is 11.9 Å². The van der Waals surface area contributed by atoms with Crippen LogP contribution in [0.2, 0.25) is 0 Å². The number of piperidine rings is 1. The van der Waals surface area contributed by atoms with Gasteiger partial charge in [-0.2, -0.15) is 0 Å². The van der Waals surface area contributed by atoms with Gasteiger partial charge in [0.15, 0.2) is 0 Å². The normalized spacial score (nSPS) is 16.2. The second-order valence-corrected chi connectivity index (χ2v) is 5.16. The molecule has 0 aromatic carbocycles. The molecule has 0 atom stereocenters. The monoisotopic (exact) mass is 278 g/mol. The third-order valence-electron chi connectivity index (χ3n) is 3.53. The van der Waals surface area contributed by atoms with Crippen LogP contribution in [0.3, 0.4) is 0 Å². The maximum absolute atomic E-state index is 11.9. The standard InChI is InChI=1S/C14H22N4O2/c1-11-4-8-18(9-5-11)14-16-6-3-12(17-14)13(19)15-7-10-20-2/h3,6,11H,4-5,7-10H2,1-2H3,(H,15,19). The van der Waals surface area contributed by atoms with Crippen molar-refractivity contribution in [2.45, 2.75) is 19.8 Å². The molecule has 0 aliphatic carbocycles. The molecule has 0 bridgehead atoms. The molecule has 0 unspecified atom stereocenters. The van der Waals surface area contributed by atoms with Gasteiger partial charge in [-0.15, -0.1) is 0 Å². The van der Waals surface area contributed by atoms with Crippen molar-refractivity contribution in [3.05, 3.63) is 18.0 Å². The molecular weight excluding hydrogens is 256 g/mol. The first-order valence-corrected chi connectivity index (χ1v) is 7.06. The van der Waals surface area contributed by atoms with Crippen molar-refractivity contribution in [3.8, 4) is 0 Å². The van der Waals surface area contributed by atoms with Crippen LogP contribution >= 0.6 is 0 Å². The summed E-state index contributed by atoms with van der Waals surface area (Å²) >= 11 is 0. The van der Waals surface area contributed by atoms with Crippen LogP contribution in [0.5, 0.6) is 0 Å². The largest absolute Gasteiger partial charge is 0.383 e. The third kappa shape index (κ3) is 3.90. The molecule has 2 rings (SSSR count). The van der Waals surface area contributed by atoms with Gasteiger partial charge in [-0.3, -0.25) is 4.79 Å². The summed E-state index contributed by atoms with van der Waals surface area (Å²) in [4.78, 5) is 22.7. The van der Waals surface area contributed by atoms with Crippen molar-refractivity contribution in [1.29, 1.82) is 0 Å². The molecule has 1 aromatic heterocycles. The van der Waals surface area contributed by atoms with E-state index in [1.807, 2.05) is 0 Å². The van der Waals surface area contributed by atoms with Gasteiger partial charge in [0.25, 0.3) is 5.91 Å². The van der Waals surface area contributed by atoms with Crippen molar-refractivity contribution in [3.63, 3.8) is 0 Å². The smallest absolute Gasteiger partial charge is 0.270 e. The number of carbonyl (C=O) groups excluding carboxylic acids is 1. The Kier molecular flexibility index (Phi) is 5.29. The number of anilines is 1. The average Bonchev–Trinajstić information content (AvgIpc) is 2.48. The topological polar surface area (TPSA) is 67.3 Å². The van der Waals surface area contributed by atoms with E-state index < -0.39 is 0 Å². The summed E-state index contributed by atoms with van der Waals surface area (Å²) in [5.41, 5.74) is 0.407. The van der Waals surface area contributed by atoms with Gasteiger partial charge in [0.1, 0.15) is 5.69 Å². The van der Waals surface area contributed by atoms with E-state index in [4.69, 9.17) is 4.74 Å². The van der Waals surface area contributed by atoms with Crippen LogP contribution in [0.15, 0.2) is 12.3 Å². The zero-order valence-electron chi connectivity index (χ0n) is 12.1. The minimum absolute atomic E-state index is 0.184. The first-order valence-electron chi connectivity index (χ1n) is 7.06. The summed E-state index contributed by atoms with van der Waals surface area (Å²) in [5, 5.41) is 2.76. The number of amides is 1. The van der Waals surface area contributed by atoms with Crippen LogP contribution in [-0.4, -0.2) is 49.2 Å². The molecule has 2 heterocycles. The molecule has 20 heavy (non-hydrogen) atoms. The summed E-state index contributed by atoms with van der Waals surface area (Å²) in [5.74, 6) is 1.22. The fraction of sp³-hybridized carbons (Fsp3) is 0.643. The lowest BCUT2D eigenvalue weighted by Gasteiger charge is -2.30. The molecule has 110 valence electrons. The van der Waals surface area contributed by atoms with E-state index >= 15 is 0 Å². The van der Waals surface area contributed by atoms with E-state index in [0.717, 1.165) is 31.8 Å². The van der Waals surface area contributed by atoms with Gasteiger partial charge in [0, 0.05) is 32.9 Å². The number of ether oxygens (including phenoxy) is 1. The summed E-state index contributed by atoms with van der Waals surface area (Å²) in [6.45, 7) is 5.15. The number of carbonyl (C=O) groups is 1. The highest BCUT2D eigenvalue weighted by molar-refractivity contribution is 5.92. The second kappa shape index (κ2) is 7.19. The molecule has 1 amide bonds. The van der Waals surface area contributed by atoms with Crippen LogP contribution in [0, 0.1) is 5.92 Å². The van der Waals surface area contributed by atoms with Crippen LogP contribution < -0.4 is 10.2 Å². The van der Waals surface area contributed by atoms with E-state index in [9.17, 15) is 4.79 Å². The molecule has 0 spiro atoms. The lowest BCUT2D eigenvalue weighted by atomic mass is 10.00. The molecular formula is C14H22N4O2. The summed E-state index contributed by atoms with van der Waals surface area (Å²) < 4.78 is 4.90. The van der Waals surface area contributed by atoms with E-state index in [1.165, 1.54) is 0 Å². The third-order valence-corrected chi connectivity index (χ3v) is 3.53. The maximum Gasteiger partial charge on any atom is 0.270 e. The Morgan fingerprint density at radius 2 is 2.25 bits per heavy atom. The van der Waals surface area contributed by atoms with Crippen LogP contribution in [0.4, 0.5) is 5.95 Å². The number of rotatable bonds is 5. The second-order valence-electron chi connectivity index (χ2n) is 5.16. The minimum Gasteiger partial charge on any atom is -0.383 e. The number of hydrogen-bond donors (Lipinski definition) is 1. The van der Waals surface area contributed by atoms with E-state index in [-0.39, 0.29) is 5.91 Å². The molecule has 6 nitrogen and oxygen atoms in total. The lowest BCUT2D eigenvalue weighted by molar-refractivity contribution is 0.0932. The summed E-state index contributed by atoms with van der Waals surface area (Å²) in [6, 6.07) is 1.64. The molecule has 1 N–H and O–H groups in total. The number of nitrogens with one attached hydrogen (secondary N) is 1. The predicted octanol–water partition coefficient (Wildman–Crippen LogP) is 1.09. The van der Waals surface area contributed by atoms with Gasteiger partial charge in [-0.05, 0) is 24.8 Å². The van der Waals surface area contributed by atoms with Crippen LogP contribution in [-0.2, 0) is 4.74 Å². The Balaban J connectivity index is 1.98. The Labute approximate surface area is 119 Å². The summed E-state index contributed by atoms with van der Waals surface area (Å²) in [6.07, 6.45) is 3.94. The molecule has 1 saturated heterocycles. The fourth-order valence-corrected chi connectivity index (χ4v) is 2.19. The molecule has 6 heteroatoms. The molecule has 1 aliphatic rings. The first kappa shape index (κ1) is 14.7. The Morgan fingerprint density at radius 3 is 2.95 bits per heavy atom. The Morgan fingerprint density at radius 1 is 1.50 bits per heavy atom. The van der Waals surface area contributed by atoms with Crippen molar-refractivity contribution in [2.24, 2.45) is 5.92 Å². The minimum atomic E-state index is -0.184. The Hall–Kier alpha value is -1.69. The van der Waals surface area contributed by atoms with E-state index in [2.05, 4.69) is 27.1 Å². The molecule has 1 aliphatic heterocycles. The van der Waals surface area contributed by atoms with Crippen molar-refractivity contribution in [2.75, 3.05) is 38.3 Å². The highest BCUT2D eigenvalue weighted by Crippen LogP contribution is 2.19. The zero-order chi connectivity index (χ0) is 14.4. The van der Waals surface area contributed by atoms with Gasteiger partial charge in [-0.25, -0.2) is 9.97 Å². The zero-order valence-corrected chi connectivity index (χ0v) is 12.1. The van der Waals surface area contributed by atoms with Gasteiger partial charge in [-0.1, -0.05) is 6.92 Å². The first-order chi connectivity index (χ1) is 9.70. The van der Waals surface area contributed by atoms with Crippen LogP contribution in [0.25, 0.3) is 0 Å². The SMILES string of the molecule is COCCNC(=O)c1ccnc(N2CCC(C)CC2)n1. The van der Waals surface area contributed by atoms with Crippen LogP contribution in [0.1, 0.15) is 30.3 Å². The quantitative estimate of drug-likeness (QED) is 0.817. The van der Waals surface area contributed by atoms with Gasteiger partial charge in [0.2, 0.25) is 5.95 Å². The molecule has 0 saturated carbocycles. The van der Waals surface area contributed by atoms with E-state index in [0.29, 0.717) is 24.8 Å². The van der Waals surface area contributed by atoms with Crippen molar-refractivity contribution < 1.29 is 9.53 Å². The highest BCUT2D eigenvalue weighted by Gasteiger charge is 2.19. The Bertz CT molecular complexity index is 445. The number of hydrogen-bond acceptors (Lipinski definition) is 5. The van der Waals surface area contributed by atoms with Gasteiger partial charge in [0.05, 0.1) is 6.61 Å². The van der Waals surface area contributed by atoms with Gasteiger partial charge < -0.3 is 15.0 Å². The molecule has 1 aromatic rings. The molecule has 0 radical (unpaired) electrons. The van der Waals surface area contributed by atoms with E-state index in [1.54, 1.807) is 19.4 Å². The van der Waals surface area contributed by atoms with Crippen molar-refractivity contribution in [1.82, 2.24) is 15.3 Å². The fourth-order valence-electron chi connectivity index (χ4n) is 2.19. The van der Waals surface area contributed by atoms with Gasteiger partial charge >= 0.3 is 0 Å². The summed E-state index contributed by atoms with van der Waals surface area (Å²) in [7, 11) is 1.60. The maximum atomic E-state index is 11.9. The average molecular weight is 278 g/mol. The number of methoxy groups -OCH3 is 1. The highest BCUT2D eigenvalue weighted by atomic mass is 16.5. The number of nitrogens with zero attached hydrogens (tertiary/aromatic N) is 3. The predicted molar refractivity (Wildman–Crippen MR) is 76.9 cm³/mol. The number of aromatic nitrogens is 2.